The van der Waals surface area contributed by atoms with Gasteiger partial charge >= 0.3 is 6.18 Å². The Kier molecular flexibility index (Phi) is 4.99. The maximum atomic E-state index is 13.2. The molecule has 26 heavy (non-hydrogen) atoms. The molecular formula is C19H18F3N3O. The zero-order valence-corrected chi connectivity index (χ0v) is 14.1. The molecule has 7 heteroatoms. The number of nitrogens with zero attached hydrogens (tertiary/aromatic N) is 2. The summed E-state index contributed by atoms with van der Waals surface area (Å²) < 4.78 is 45.9. The van der Waals surface area contributed by atoms with Crippen molar-refractivity contribution in [3.05, 3.63) is 65.9 Å². The number of ether oxygens (including phenoxy) is 1. The number of benzene rings is 2. The Morgan fingerprint density at radius 2 is 1.69 bits per heavy atom. The van der Waals surface area contributed by atoms with Crippen LogP contribution in [0.2, 0.25) is 0 Å². The molecule has 4 nitrogen and oxygen atoms in total. The van der Waals surface area contributed by atoms with Crippen LogP contribution in [0, 0.1) is 0 Å². The van der Waals surface area contributed by atoms with Gasteiger partial charge in [0.2, 0.25) is 0 Å². The molecule has 0 spiro atoms. The zero-order valence-electron chi connectivity index (χ0n) is 14.1. The predicted octanol–water partition coefficient (Wildman–Crippen LogP) is 4.07. The molecule has 136 valence electrons. The number of rotatable bonds is 5. The standard InChI is InChI=1S/C19H18F3N3O/c1-26-16-8-6-15(7-9-16)25-17(12-18(24-25)19(20,21)22)14-4-2-13(3-5-14)10-11-23/h2-9,12H,10-11,23H2,1H3. The van der Waals surface area contributed by atoms with Crippen LogP contribution in [0.5, 0.6) is 5.75 Å². The number of hydrogen-bond donors (Lipinski definition) is 1. The predicted molar refractivity (Wildman–Crippen MR) is 93.3 cm³/mol. The van der Waals surface area contributed by atoms with Gasteiger partial charge < -0.3 is 10.5 Å². The third-order valence-corrected chi connectivity index (χ3v) is 4.00. The molecule has 0 atom stereocenters. The van der Waals surface area contributed by atoms with E-state index in [1.54, 1.807) is 36.4 Å². The molecule has 0 aliphatic carbocycles. The maximum absolute atomic E-state index is 13.2. The van der Waals surface area contributed by atoms with Crippen LogP contribution in [-0.2, 0) is 12.6 Å². The van der Waals surface area contributed by atoms with Gasteiger partial charge in [0.25, 0.3) is 0 Å². The van der Waals surface area contributed by atoms with Gasteiger partial charge in [-0.25, -0.2) is 4.68 Å². The van der Waals surface area contributed by atoms with Crippen LogP contribution in [0.25, 0.3) is 16.9 Å². The van der Waals surface area contributed by atoms with Crippen molar-refractivity contribution in [3.8, 4) is 22.7 Å². The normalized spacial score (nSPS) is 11.6. The first-order chi connectivity index (χ1) is 12.4. The van der Waals surface area contributed by atoms with E-state index in [-0.39, 0.29) is 0 Å². The van der Waals surface area contributed by atoms with Crippen molar-refractivity contribution in [1.29, 1.82) is 0 Å². The second-order valence-electron chi connectivity index (χ2n) is 5.76. The Morgan fingerprint density at radius 3 is 2.23 bits per heavy atom. The fraction of sp³-hybridized carbons (Fsp3) is 0.211. The minimum Gasteiger partial charge on any atom is -0.497 e. The summed E-state index contributed by atoms with van der Waals surface area (Å²) in [5.41, 5.74) is 7.15. The highest BCUT2D eigenvalue weighted by molar-refractivity contribution is 5.63. The highest BCUT2D eigenvalue weighted by Gasteiger charge is 2.35. The lowest BCUT2D eigenvalue weighted by molar-refractivity contribution is -0.141. The van der Waals surface area contributed by atoms with Crippen LogP contribution in [0.4, 0.5) is 13.2 Å². The second kappa shape index (κ2) is 7.21. The monoisotopic (exact) mass is 361 g/mol. The second-order valence-corrected chi connectivity index (χ2v) is 5.76. The number of alkyl halides is 3. The Balaban J connectivity index is 2.08. The molecule has 0 saturated heterocycles. The summed E-state index contributed by atoms with van der Waals surface area (Å²) in [5, 5.41) is 3.77. The van der Waals surface area contributed by atoms with E-state index < -0.39 is 11.9 Å². The van der Waals surface area contributed by atoms with E-state index in [1.807, 2.05) is 12.1 Å². The summed E-state index contributed by atoms with van der Waals surface area (Å²) in [4.78, 5) is 0. The van der Waals surface area contributed by atoms with Crippen LogP contribution in [-0.4, -0.2) is 23.4 Å². The van der Waals surface area contributed by atoms with E-state index >= 15 is 0 Å². The van der Waals surface area contributed by atoms with E-state index in [9.17, 15) is 13.2 Å². The molecule has 1 heterocycles. The van der Waals surface area contributed by atoms with Crippen LogP contribution >= 0.6 is 0 Å². The SMILES string of the molecule is COc1ccc(-n2nc(C(F)(F)F)cc2-c2ccc(CCN)cc2)cc1. The Hall–Kier alpha value is -2.80. The average molecular weight is 361 g/mol. The van der Waals surface area contributed by atoms with Gasteiger partial charge in [0.15, 0.2) is 5.69 Å². The average Bonchev–Trinajstić information content (AvgIpc) is 3.08. The smallest absolute Gasteiger partial charge is 0.435 e. The van der Waals surface area contributed by atoms with Crippen LogP contribution in [0.15, 0.2) is 54.6 Å². The molecule has 3 aromatic rings. The van der Waals surface area contributed by atoms with Crippen molar-refractivity contribution >= 4 is 0 Å². The van der Waals surface area contributed by atoms with E-state index in [0.29, 0.717) is 35.7 Å². The van der Waals surface area contributed by atoms with Gasteiger partial charge in [-0.1, -0.05) is 24.3 Å². The first-order valence-corrected chi connectivity index (χ1v) is 8.03. The number of methoxy groups -OCH3 is 1. The van der Waals surface area contributed by atoms with Crippen LogP contribution in [0.1, 0.15) is 11.3 Å². The molecule has 0 radical (unpaired) electrons. The van der Waals surface area contributed by atoms with E-state index in [2.05, 4.69) is 5.10 Å². The fourth-order valence-corrected chi connectivity index (χ4v) is 2.65. The first-order valence-electron chi connectivity index (χ1n) is 8.03. The Morgan fingerprint density at radius 1 is 1.04 bits per heavy atom. The molecule has 0 bridgehead atoms. The zero-order chi connectivity index (χ0) is 18.7. The Bertz CT molecular complexity index is 869. The molecule has 0 aliphatic rings. The molecule has 3 rings (SSSR count). The van der Waals surface area contributed by atoms with Crippen LogP contribution < -0.4 is 10.5 Å². The van der Waals surface area contributed by atoms with Crippen LogP contribution in [0.3, 0.4) is 0 Å². The number of hydrogen-bond acceptors (Lipinski definition) is 3. The molecule has 0 unspecified atom stereocenters. The fourth-order valence-electron chi connectivity index (χ4n) is 2.65. The minimum absolute atomic E-state index is 0.363. The molecule has 0 fully saturated rings. The van der Waals surface area contributed by atoms with Gasteiger partial charge in [-0.2, -0.15) is 18.3 Å². The van der Waals surface area contributed by atoms with Crippen molar-refractivity contribution < 1.29 is 17.9 Å². The molecule has 1 aromatic heterocycles. The molecule has 2 aromatic carbocycles. The van der Waals surface area contributed by atoms with Gasteiger partial charge in [0, 0.05) is 5.56 Å². The van der Waals surface area contributed by atoms with Crippen molar-refractivity contribution in [2.45, 2.75) is 12.6 Å². The lowest BCUT2D eigenvalue weighted by Gasteiger charge is -2.09. The molecule has 0 amide bonds. The van der Waals surface area contributed by atoms with E-state index in [1.165, 1.54) is 11.8 Å². The minimum atomic E-state index is -4.52. The third-order valence-electron chi connectivity index (χ3n) is 4.00. The van der Waals surface area contributed by atoms with Gasteiger partial charge in [0.1, 0.15) is 5.75 Å². The lowest BCUT2D eigenvalue weighted by atomic mass is 10.1. The number of nitrogens with two attached hydrogens (primary N) is 1. The number of halogens is 3. The van der Waals surface area contributed by atoms with Crippen molar-refractivity contribution in [2.75, 3.05) is 13.7 Å². The number of aromatic nitrogens is 2. The molecule has 2 N–H and O–H groups in total. The summed E-state index contributed by atoms with van der Waals surface area (Å²) >= 11 is 0. The summed E-state index contributed by atoms with van der Waals surface area (Å²) in [6, 6.07) is 15.0. The van der Waals surface area contributed by atoms with E-state index in [4.69, 9.17) is 10.5 Å². The van der Waals surface area contributed by atoms with Gasteiger partial charge in [-0.3, -0.25) is 0 Å². The molecule has 0 aliphatic heterocycles. The summed E-state index contributed by atoms with van der Waals surface area (Å²) in [6.45, 7) is 0.515. The van der Waals surface area contributed by atoms with Gasteiger partial charge in [-0.05, 0) is 48.9 Å². The first kappa shape index (κ1) is 18.0. The highest BCUT2D eigenvalue weighted by Crippen LogP contribution is 2.33. The van der Waals surface area contributed by atoms with Crippen molar-refractivity contribution in [1.82, 2.24) is 9.78 Å². The van der Waals surface area contributed by atoms with Crippen molar-refractivity contribution in [3.63, 3.8) is 0 Å². The summed E-state index contributed by atoms with van der Waals surface area (Å²) in [6.07, 6.45) is -3.81. The van der Waals surface area contributed by atoms with Gasteiger partial charge in [-0.15, -0.1) is 0 Å². The third kappa shape index (κ3) is 3.72. The lowest BCUT2D eigenvalue weighted by Crippen LogP contribution is -2.07. The van der Waals surface area contributed by atoms with Gasteiger partial charge in [0.05, 0.1) is 18.5 Å². The van der Waals surface area contributed by atoms with Crippen molar-refractivity contribution in [2.24, 2.45) is 5.73 Å². The topological polar surface area (TPSA) is 53.1 Å². The quantitative estimate of drug-likeness (QED) is 0.745. The van der Waals surface area contributed by atoms with E-state index in [0.717, 1.165) is 11.6 Å². The largest absolute Gasteiger partial charge is 0.497 e. The summed E-state index contributed by atoms with van der Waals surface area (Å²) in [7, 11) is 1.53. The molecule has 0 saturated carbocycles. The summed E-state index contributed by atoms with van der Waals surface area (Å²) in [5.74, 6) is 0.615. The maximum Gasteiger partial charge on any atom is 0.435 e. The Labute approximate surface area is 149 Å². The highest BCUT2D eigenvalue weighted by atomic mass is 19.4. The molecular weight excluding hydrogens is 343 g/mol.